The van der Waals surface area contributed by atoms with Gasteiger partial charge in [0, 0.05) is 65.0 Å². The summed E-state index contributed by atoms with van der Waals surface area (Å²) in [5.74, 6) is -2.96. The van der Waals surface area contributed by atoms with Crippen LogP contribution in [0, 0.1) is 11.6 Å². The number of H-pyrrole nitrogens is 2. The van der Waals surface area contributed by atoms with Gasteiger partial charge in [0.1, 0.15) is 28.4 Å². The Morgan fingerprint density at radius 1 is 0.622 bits per heavy atom. The normalized spacial score (nSPS) is 11.3. The number of aliphatic carboxylic acids is 2. The van der Waals surface area contributed by atoms with Gasteiger partial charge >= 0.3 is 43.4 Å². The highest BCUT2D eigenvalue weighted by Crippen LogP contribution is 2.32. The van der Waals surface area contributed by atoms with Crippen molar-refractivity contribution in [2.45, 2.75) is 38.0 Å². The minimum Gasteiger partial charge on any atom is -0.481 e. The number of benzene rings is 4. The maximum atomic E-state index is 14.1. The number of methoxy groups -OCH3 is 2. The third-order valence-corrected chi connectivity index (χ3v) is 10.9. The Balaban J connectivity index is 0.000000196. The number of carbonyl (C=O) groups is 2. The monoisotopic (exact) mass is 1060 g/mol. The van der Waals surface area contributed by atoms with Crippen LogP contribution in [0.1, 0.15) is 33.4 Å². The van der Waals surface area contributed by atoms with Crippen LogP contribution >= 0.6 is 11.6 Å². The molecule has 16 nitrogen and oxygen atoms in total. The molecule has 26 heteroatoms. The van der Waals surface area contributed by atoms with Crippen molar-refractivity contribution in [3.05, 3.63) is 147 Å². The molecule has 8 rings (SSSR count). The number of alkyl halides is 6. The standard InChI is InChI=1S/C24H20F4N4O3.C14H12ClF4N3O.C10H10BNO4/c1-35-23-31-20(14-3-5-19-17(8-14)15(12-30-19)9-22(33)34)11-21(32-23)29-7-6-13-2-4-16(10-18(13)25)24(26,27)28;1-23-13-21-11(15)7-12(22-13)20-5-4-8-2-3-9(6-10(8)16)14(17,18)19;13-10(14)3-6-5-12-9-2-1-7(11(15)16)4-8(6)9/h2-5,8,10-12,30H,6-7,9H2,1H3,(H,33,34)(H,29,31,32);2-3,6-7H,4-5H2,1H3,(H,20,21,22);1-2,4-5,12,15-16H,3H2,(H,13,14). The Hall–Kier alpha value is -8.03. The highest BCUT2D eigenvalue weighted by atomic mass is 35.5. The largest absolute Gasteiger partial charge is 0.488 e. The van der Waals surface area contributed by atoms with Gasteiger partial charge < -0.3 is 50.3 Å². The van der Waals surface area contributed by atoms with Crippen molar-refractivity contribution in [2.24, 2.45) is 0 Å². The predicted molar refractivity (Wildman–Crippen MR) is 257 cm³/mol. The van der Waals surface area contributed by atoms with E-state index >= 15 is 0 Å². The highest BCUT2D eigenvalue weighted by Gasteiger charge is 2.32. The number of hydrogen-bond donors (Lipinski definition) is 8. The van der Waals surface area contributed by atoms with E-state index in [4.69, 9.17) is 41.3 Å². The van der Waals surface area contributed by atoms with Crippen molar-refractivity contribution in [3.8, 4) is 23.3 Å². The number of aromatic amines is 2. The molecule has 388 valence electrons. The zero-order valence-electron chi connectivity index (χ0n) is 38.7. The van der Waals surface area contributed by atoms with Crippen LogP contribution in [0.15, 0.2) is 97.3 Å². The number of carboxylic acid groups (broad SMARTS) is 2. The summed E-state index contributed by atoms with van der Waals surface area (Å²) < 4.78 is 113. The zero-order valence-corrected chi connectivity index (χ0v) is 39.4. The van der Waals surface area contributed by atoms with Crippen LogP contribution in [0.25, 0.3) is 33.1 Å². The molecule has 0 aliphatic rings. The quantitative estimate of drug-likeness (QED) is 0.0257. The van der Waals surface area contributed by atoms with Gasteiger partial charge in [-0.3, -0.25) is 9.59 Å². The van der Waals surface area contributed by atoms with Gasteiger partial charge in [0.15, 0.2) is 0 Å². The molecule has 0 saturated carbocycles. The fraction of sp³-hybridized carbons (Fsp3) is 0.208. The van der Waals surface area contributed by atoms with E-state index in [1.54, 1.807) is 36.7 Å². The fourth-order valence-electron chi connectivity index (χ4n) is 7.15. The number of aromatic nitrogens is 6. The Morgan fingerprint density at radius 3 is 1.55 bits per heavy atom. The molecule has 0 radical (unpaired) electrons. The van der Waals surface area contributed by atoms with E-state index in [2.05, 4.69) is 40.5 Å². The average Bonchev–Trinajstić information content (AvgIpc) is 3.93. The lowest BCUT2D eigenvalue weighted by Gasteiger charge is -2.11. The van der Waals surface area contributed by atoms with Gasteiger partial charge in [-0.2, -0.15) is 46.3 Å². The number of fused-ring (bicyclic) bond motifs is 2. The van der Waals surface area contributed by atoms with Crippen LogP contribution in [0.2, 0.25) is 5.15 Å². The summed E-state index contributed by atoms with van der Waals surface area (Å²) in [6.45, 7) is 0.445. The van der Waals surface area contributed by atoms with Gasteiger partial charge in [0.05, 0.1) is 43.9 Å². The van der Waals surface area contributed by atoms with Gasteiger partial charge in [-0.05, 0) is 83.0 Å². The maximum Gasteiger partial charge on any atom is 0.488 e. The molecule has 0 unspecified atom stereocenters. The number of anilines is 2. The Labute approximate surface area is 419 Å². The number of nitrogens with one attached hydrogen (secondary N) is 4. The van der Waals surface area contributed by atoms with Gasteiger partial charge in [-0.15, -0.1) is 0 Å². The second-order valence-corrected chi connectivity index (χ2v) is 16.2. The SMILES string of the molecule is COc1nc(Cl)cc(NCCc2ccc(C(F)(F)F)cc2F)n1.COc1nc(NCCc2ccc(C(F)(F)F)cc2F)cc(-c2ccc3[nH]cc(CC(=O)O)c3c2)n1.O=C(O)Cc1c[nH]c2ccc(B(O)O)cc12. The van der Waals surface area contributed by atoms with Crippen molar-refractivity contribution in [3.63, 3.8) is 0 Å². The summed E-state index contributed by atoms with van der Waals surface area (Å²) in [6, 6.07) is 18.4. The molecule has 4 aromatic carbocycles. The summed E-state index contributed by atoms with van der Waals surface area (Å²) in [4.78, 5) is 44.1. The predicted octanol–water partition coefficient (Wildman–Crippen LogP) is 8.50. The van der Waals surface area contributed by atoms with E-state index in [0.29, 0.717) is 57.0 Å². The molecule has 0 amide bonds. The number of carboxylic acids is 2. The minimum absolute atomic E-state index is 0.0701. The Bertz CT molecular complexity index is 3270. The van der Waals surface area contributed by atoms with Crippen molar-refractivity contribution < 1.29 is 74.4 Å². The molecule has 0 aliphatic heterocycles. The summed E-state index contributed by atoms with van der Waals surface area (Å²) in [6.07, 6.45) is -5.83. The molecule has 8 N–H and O–H groups in total. The first kappa shape index (κ1) is 55.3. The van der Waals surface area contributed by atoms with Gasteiger partial charge in [-0.1, -0.05) is 41.9 Å². The lowest BCUT2D eigenvalue weighted by molar-refractivity contribution is -0.138. The van der Waals surface area contributed by atoms with Crippen LogP contribution in [-0.2, 0) is 47.6 Å². The number of rotatable bonds is 16. The molecule has 0 spiro atoms. The van der Waals surface area contributed by atoms with E-state index in [0.717, 1.165) is 40.7 Å². The smallest absolute Gasteiger partial charge is 0.481 e. The molecule has 74 heavy (non-hydrogen) atoms. The van der Waals surface area contributed by atoms with E-state index in [9.17, 15) is 44.7 Å². The Morgan fingerprint density at radius 2 is 1.09 bits per heavy atom. The van der Waals surface area contributed by atoms with Gasteiger partial charge in [0.2, 0.25) is 0 Å². The zero-order chi connectivity index (χ0) is 53.9. The summed E-state index contributed by atoms with van der Waals surface area (Å²) in [5, 5.41) is 43.4. The van der Waals surface area contributed by atoms with E-state index in [-0.39, 0.29) is 67.1 Å². The van der Waals surface area contributed by atoms with Gasteiger partial charge in [0.25, 0.3) is 0 Å². The first-order valence-corrected chi connectivity index (χ1v) is 22.1. The minimum atomic E-state index is -4.61. The Kier molecular flexibility index (Phi) is 18.0. The summed E-state index contributed by atoms with van der Waals surface area (Å²) in [5.41, 5.74) is 2.61. The molecule has 0 aliphatic carbocycles. The molecule has 0 saturated heterocycles. The third-order valence-electron chi connectivity index (χ3n) is 10.7. The van der Waals surface area contributed by atoms with Crippen molar-refractivity contribution >= 4 is 69.6 Å². The number of hydrogen-bond acceptors (Lipinski definition) is 12. The molecule has 0 atom stereocenters. The molecule has 0 fully saturated rings. The van der Waals surface area contributed by atoms with Crippen molar-refractivity contribution in [2.75, 3.05) is 37.9 Å². The van der Waals surface area contributed by atoms with Crippen LogP contribution in [-0.4, -0.2) is 96.5 Å². The maximum absolute atomic E-state index is 14.1. The fourth-order valence-corrected chi connectivity index (χ4v) is 7.33. The second-order valence-electron chi connectivity index (χ2n) is 15.9. The van der Waals surface area contributed by atoms with Crippen LogP contribution in [0.5, 0.6) is 12.0 Å². The molecule has 8 aromatic rings. The summed E-state index contributed by atoms with van der Waals surface area (Å²) in [7, 11) is 1.24. The molecule has 4 heterocycles. The topological polar surface area (TPSA) is 241 Å². The lowest BCUT2D eigenvalue weighted by Crippen LogP contribution is -2.29. The van der Waals surface area contributed by atoms with Crippen LogP contribution in [0.4, 0.5) is 46.8 Å². The van der Waals surface area contributed by atoms with Crippen molar-refractivity contribution in [1.82, 2.24) is 29.9 Å². The molecule has 4 aromatic heterocycles. The molecule has 0 bridgehead atoms. The molecular weight excluding hydrogens is 1010 g/mol. The number of nitrogens with zero attached hydrogens (tertiary/aromatic N) is 4. The van der Waals surface area contributed by atoms with E-state index in [1.165, 1.54) is 20.3 Å². The number of halogens is 9. The van der Waals surface area contributed by atoms with E-state index < -0.39 is 54.2 Å². The van der Waals surface area contributed by atoms with Crippen LogP contribution in [0.3, 0.4) is 0 Å². The van der Waals surface area contributed by atoms with Crippen LogP contribution < -0.4 is 25.6 Å². The summed E-state index contributed by atoms with van der Waals surface area (Å²) >= 11 is 5.77. The average molecular weight is 1060 g/mol. The van der Waals surface area contributed by atoms with Crippen molar-refractivity contribution in [1.29, 1.82) is 0 Å². The lowest BCUT2D eigenvalue weighted by atomic mass is 9.79. The molecular formula is C48H42BClF8N8O8. The van der Waals surface area contributed by atoms with Gasteiger partial charge in [-0.25, -0.2) is 8.78 Å². The van der Waals surface area contributed by atoms with E-state index in [1.807, 2.05) is 18.2 Å². The highest BCUT2D eigenvalue weighted by molar-refractivity contribution is 6.58. The first-order valence-electron chi connectivity index (χ1n) is 21.7. The number of ether oxygens (including phenoxy) is 2. The first-order chi connectivity index (χ1) is 35.0. The third kappa shape index (κ3) is 15.0. The second kappa shape index (κ2) is 24.1.